The van der Waals surface area contributed by atoms with E-state index in [1.807, 2.05) is 0 Å². The van der Waals surface area contributed by atoms with E-state index in [-0.39, 0.29) is 27.8 Å². The van der Waals surface area contributed by atoms with Gasteiger partial charge < -0.3 is 10.2 Å². The quantitative estimate of drug-likeness (QED) is 0.577. The summed E-state index contributed by atoms with van der Waals surface area (Å²) in [7, 11) is 0. The summed E-state index contributed by atoms with van der Waals surface area (Å²) in [6.45, 7) is 0. The molecule has 0 saturated heterocycles. The van der Waals surface area contributed by atoms with Crippen molar-refractivity contribution in [2.75, 3.05) is 5.73 Å². The maximum absolute atomic E-state index is 10.6. The average Bonchev–Trinajstić information content (AvgIpc) is 2.42. The zero-order valence-electron chi connectivity index (χ0n) is 6.73. The van der Waals surface area contributed by atoms with E-state index in [1.165, 1.54) is 12.1 Å². The molecule has 0 saturated carbocycles. The summed E-state index contributed by atoms with van der Waals surface area (Å²) in [6, 6.07) is 2.52. The predicted molar refractivity (Wildman–Crippen MR) is 50.1 cm³/mol. The minimum absolute atomic E-state index is 0.0388. The summed E-state index contributed by atoms with van der Waals surface area (Å²) in [6.07, 6.45) is 0. The zero-order valence-corrected chi connectivity index (χ0v) is 7.49. The third-order valence-electron chi connectivity index (χ3n) is 1.65. The molecule has 1 heterocycles. The second-order valence-corrected chi connectivity index (χ2v) is 3.02. The molecule has 72 valence electrons. The van der Waals surface area contributed by atoms with E-state index >= 15 is 0 Å². The Morgan fingerprint density at radius 3 is 2.93 bits per heavy atom. The zero-order chi connectivity index (χ0) is 10.3. The number of aromatic nitrogens is 1. The fraction of sp³-hybridized carbons (Fsp3) is 0. The number of nitro benzene ring substituents is 1. The lowest BCUT2D eigenvalue weighted by Gasteiger charge is -1.92. The van der Waals surface area contributed by atoms with Crippen LogP contribution in [0.4, 0.5) is 11.7 Å². The van der Waals surface area contributed by atoms with Gasteiger partial charge in [-0.2, -0.15) is 4.98 Å². The number of benzene rings is 1. The molecule has 0 unspecified atom stereocenters. The van der Waals surface area contributed by atoms with Crippen LogP contribution in [0.2, 0.25) is 5.02 Å². The van der Waals surface area contributed by atoms with Crippen molar-refractivity contribution in [3.8, 4) is 0 Å². The van der Waals surface area contributed by atoms with Crippen LogP contribution in [0.25, 0.3) is 11.1 Å². The van der Waals surface area contributed by atoms with E-state index in [0.717, 1.165) is 0 Å². The minimum atomic E-state index is -0.598. The fourth-order valence-electron chi connectivity index (χ4n) is 1.13. The molecule has 0 radical (unpaired) electrons. The summed E-state index contributed by atoms with van der Waals surface area (Å²) in [5.41, 5.74) is 5.35. The average molecular weight is 214 g/mol. The number of anilines is 1. The van der Waals surface area contributed by atoms with Gasteiger partial charge in [-0.1, -0.05) is 11.6 Å². The molecule has 2 aromatic rings. The summed E-state index contributed by atoms with van der Waals surface area (Å²) in [4.78, 5) is 13.7. The van der Waals surface area contributed by atoms with Crippen LogP contribution in [0.5, 0.6) is 0 Å². The van der Waals surface area contributed by atoms with Crippen LogP contribution >= 0.6 is 11.6 Å². The van der Waals surface area contributed by atoms with E-state index in [9.17, 15) is 10.1 Å². The van der Waals surface area contributed by atoms with Crippen molar-refractivity contribution in [2.24, 2.45) is 0 Å². The van der Waals surface area contributed by atoms with Gasteiger partial charge in [-0.15, -0.1) is 0 Å². The molecule has 0 aliphatic rings. The van der Waals surface area contributed by atoms with Crippen LogP contribution in [0, 0.1) is 10.1 Å². The number of nitrogen functional groups attached to an aromatic ring is 1. The Hall–Kier alpha value is -1.82. The Balaban J connectivity index is 2.85. The number of nitrogens with two attached hydrogens (primary N) is 1. The van der Waals surface area contributed by atoms with Gasteiger partial charge in [0.1, 0.15) is 5.52 Å². The molecule has 7 heteroatoms. The molecule has 2 rings (SSSR count). The first-order valence-electron chi connectivity index (χ1n) is 3.58. The van der Waals surface area contributed by atoms with Gasteiger partial charge in [-0.05, 0) is 6.07 Å². The molecule has 0 atom stereocenters. The highest BCUT2D eigenvalue weighted by Gasteiger charge is 2.18. The molecule has 0 amide bonds. The van der Waals surface area contributed by atoms with Crippen molar-refractivity contribution < 1.29 is 9.34 Å². The number of nitrogens with zero attached hydrogens (tertiary/aromatic N) is 2. The van der Waals surface area contributed by atoms with Gasteiger partial charge in [0, 0.05) is 11.1 Å². The molecule has 6 nitrogen and oxygen atoms in total. The lowest BCUT2D eigenvalue weighted by atomic mass is 10.3. The normalized spacial score (nSPS) is 10.6. The number of rotatable bonds is 1. The second-order valence-electron chi connectivity index (χ2n) is 2.58. The summed E-state index contributed by atoms with van der Waals surface area (Å²) >= 11 is 5.65. The van der Waals surface area contributed by atoms with E-state index in [1.54, 1.807) is 0 Å². The molecule has 0 bridgehead atoms. The van der Waals surface area contributed by atoms with Crippen LogP contribution in [0.3, 0.4) is 0 Å². The van der Waals surface area contributed by atoms with Crippen LogP contribution in [0.15, 0.2) is 16.5 Å². The highest BCUT2D eigenvalue weighted by Crippen LogP contribution is 2.30. The first-order chi connectivity index (χ1) is 6.58. The molecule has 0 spiro atoms. The summed E-state index contributed by atoms with van der Waals surface area (Å²) < 4.78 is 4.88. The van der Waals surface area contributed by atoms with Crippen molar-refractivity contribution in [3.05, 3.63) is 27.3 Å². The smallest absolute Gasteiger partial charge is 0.315 e. The first kappa shape index (κ1) is 8.76. The maximum Gasteiger partial charge on any atom is 0.315 e. The van der Waals surface area contributed by atoms with Crippen LogP contribution < -0.4 is 5.73 Å². The highest BCUT2D eigenvalue weighted by molar-refractivity contribution is 6.31. The molecule has 1 aromatic carbocycles. The Morgan fingerprint density at radius 1 is 1.57 bits per heavy atom. The summed E-state index contributed by atoms with van der Waals surface area (Å²) in [5, 5.41) is 10.8. The lowest BCUT2D eigenvalue weighted by Crippen LogP contribution is -1.88. The fourth-order valence-corrected chi connectivity index (χ4v) is 1.34. The third kappa shape index (κ3) is 1.25. The Kier molecular flexibility index (Phi) is 1.78. The Labute approximate surface area is 82.4 Å². The van der Waals surface area contributed by atoms with Gasteiger partial charge in [0.15, 0.2) is 0 Å². The summed E-state index contributed by atoms with van der Waals surface area (Å²) in [5.74, 6) is 0. The van der Waals surface area contributed by atoms with E-state index in [0.29, 0.717) is 0 Å². The molecule has 14 heavy (non-hydrogen) atoms. The number of fused-ring (bicyclic) bond motifs is 1. The van der Waals surface area contributed by atoms with Gasteiger partial charge in [-0.3, -0.25) is 10.1 Å². The SMILES string of the molecule is Nc1nc2cc(Cl)cc([N+](=O)[O-])c2o1. The molecule has 0 fully saturated rings. The van der Waals surface area contributed by atoms with Gasteiger partial charge in [0.05, 0.1) is 4.92 Å². The van der Waals surface area contributed by atoms with E-state index < -0.39 is 4.92 Å². The molecule has 0 aliphatic carbocycles. The highest BCUT2D eigenvalue weighted by atomic mass is 35.5. The van der Waals surface area contributed by atoms with Crippen molar-refractivity contribution in [1.29, 1.82) is 0 Å². The molecular formula is C7H4ClN3O3. The van der Waals surface area contributed by atoms with Crippen LogP contribution in [0.1, 0.15) is 0 Å². The van der Waals surface area contributed by atoms with Gasteiger partial charge in [0.2, 0.25) is 5.58 Å². The number of non-ortho nitro benzene ring substituents is 1. The predicted octanol–water partition coefficient (Wildman–Crippen LogP) is 1.97. The maximum atomic E-state index is 10.6. The van der Waals surface area contributed by atoms with E-state index in [2.05, 4.69) is 4.98 Å². The monoisotopic (exact) mass is 213 g/mol. The number of nitro groups is 1. The van der Waals surface area contributed by atoms with Crippen molar-refractivity contribution in [1.82, 2.24) is 4.98 Å². The Bertz CT molecular complexity index is 522. The van der Waals surface area contributed by atoms with Crippen molar-refractivity contribution >= 4 is 34.4 Å². The molecule has 2 N–H and O–H groups in total. The molecule has 1 aromatic heterocycles. The second kappa shape index (κ2) is 2.85. The topological polar surface area (TPSA) is 95.2 Å². The van der Waals surface area contributed by atoms with Gasteiger partial charge in [-0.25, -0.2) is 0 Å². The standard InChI is InChI=1S/C7H4ClN3O3/c8-3-1-4-6(14-7(9)10-4)5(2-3)11(12)13/h1-2H,(H2,9,10). The largest absolute Gasteiger partial charge is 0.416 e. The lowest BCUT2D eigenvalue weighted by molar-refractivity contribution is -0.383. The van der Waals surface area contributed by atoms with Crippen LogP contribution in [-0.2, 0) is 0 Å². The Morgan fingerprint density at radius 2 is 2.29 bits per heavy atom. The van der Waals surface area contributed by atoms with Gasteiger partial charge >= 0.3 is 5.69 Å². The first-order valence-corrected chi connectivity index (χ1v) is 3.95. The number of hydrogen-bond donors (Lipinski definition) is 1. The van der Waals surface area contributed by atoms with Crippen molar-refractivity contribution in [3.63, 3.8) is 0 Å². The molecular weight excluding hydrogens is 210 g/mol. The van der Waals surface area contributed by atoms with Crippen LogP contribution in [-0.4, -0.2) is 9.91 Å². The van der Waals surface area contributed by atoms with Gasteiger partial charge in [0.25, 0.3) is 6.01 Å². The molecule has 0 aliphatic heterocycles. The third-order valence-corrected chi connectivity index (χ3v) is 1.87. The number of oxazole rings is 1. The number of hydrogen-bond acceptors (Lipinski definition) is 5. The van der Waals surface area contributed by atoms with E-state index in [4.69, 9.17) is 21.8 Å². The number of halogens is 1. The van der Waals surface area contributed by atoms with Crippen molar-refractivity contribution in [2.45, 2.75) is 0 Å². The minimum Gasteiger partial charge on any atom is -0.416 e.